The molecule has 2 heterocycles. The number of amides is 2. The van der Waals surface area contributed by atoms with Gasteiger partial charge < -0.3 is 15.4 Å². The largest absolute Gasteiger partial charge is 0.380 e. The zero-order valence-electron chi connectivity index (χ0n) is 18.2. The highest BCUT2D eigenvalue weighted by Gasteiger charge is 2.17. The number of nitrogens with zero attached hydrogens (tertiary/aromatic N) is 4. The van der Waals surface area contributed by atoms with Crippen molar-refractivity contribution in [2.45, 2.75) is 13.5 Å². The van der Waals surface area contributed by atoms with Crippen LogP contribution < -0.4 is 10.6 Å². The Hall–Kier alpha value is -4.11. The molecule has 2 aromatic heterocycles. The maximum Gasteiger partial charge on any atom is 0.272 e. The van der Waals surface area contributed by atoms with Gasteiger partial charge in [0.1, 0.15) is 0 Å². The molecule has 0 saturated heterocycles. The lowest BCUT2D eigenvalue weighted by atomic mass is 9.99. The Kier molecular flexibility index (Phi) is 7.01. The van der Waals surface area contributed by atoms with Gasteiger partial charge in [0, 0.05) is 31.1 Å². The zero-order chi connectivity index (χ0) is 23.0. The van der Waals surface area contributed by atoms with Gasteiger partial charge in [0.05, 0.1) is 25.0 Å². The molecule has 0 bridgehead atoms. The summed E-state index contributed by atoms with van der Waals surface area (Å²) in [7, 11) is 0. The van der Waals surface area contributed by atoms with Crippen molar-refractivity contribution in [1.82, 2.24) is 25.3 Å². The van der Waals surface area contributed by atoms with Crippen molar-refractivity contribution in [2.75, 3.05) is 25.1 Å². The molecule has 0 atom stereocenters. The van der Waals surface area contributed by atoms with E-state index in [0.29, 0.717) is 37.6 Å². The minimum absolute atomic E-state index is 0.148. The number of rotatable bonds is 9. The van der Waals surface area contributed by atoms with Gasteiger partial charge in [0.15, 0.2) is 5.69 Å². The van der Waals surface area contributed by atoms with Gasteiger partial charge >= 0.3 is 0 Å². The van der Waals surface area contributed by atoms with Crippen LogP contribution in [0.5, 0.6) is 0 Å². The van der Waals surface area contributed by atoms with E-state index in [2.05, 4.69) is 25.9 Å². The Morgan fingerprint density at radius 1 is 1.00 bits per heavy atom. The number of anilines is 1. The Bertz CT molecular complexity index is 1260. The summed E-state index contributed by atoms with van der Waals surface area (Å²) in [6, 6.07) is 14.7. The number of aromatic nitrogens is 4. The van der Waals surface area contributed by atoms with Crippen molar-refractivity contribution in [3.8, 4) is 0 Å². The van der Waals surface area contributed by atoms with Crippen LogP contribution in [-0.2, 0) is 11.3 Å². The Balaban J connectivity index is 1.57. The molecule has 0 aliphatic carbocycles. The van der Waals surface area contributed by atoms with E-state index in [0.717, 1.165) is 16.3 Å². The number of ether oxygens (including phenoxy) is 1. The Morgan fingerprint density at radius 3 is 2.64 bits per heavy atom. The molecule has 33 heavy (non-hydrogen) atoms. The van der Waals surface area contributed by atoms with Gasteiger partial charge in [-0.05, 0) is 41.5 Å². The first-order valence-corrected chi connectivity index (χ1v) is 10.6. The van der Waals surface area contributed by atoms with Crippen molar-refractivity contribution >= 4 is 28.3 Å². The molecular formula is C24H24N6O3. The van der Waals surface area contributed by atoms with Crippen LogP contribution in [0.4, 0.5) is 5.69 Å². The zero-order valence-corrected chi connectivity index (χ0v) is 18.2. The van der Waals surface area contributed by atoms with Gasteiger partial charge in [0.2, 0.25) is 0 Å². The SMILES string of the molecule is CCOCCNC(=O)c1ncccc1NC(=O)c1ccc(Cn2ccnn2)c2ccccc12. The second-order valence-electron chi connectivity index (χ2n) is 7.22. The highest BCUT2D eigenvalue weighted by atomic mass is 16.5. The molecule has 0 aliphatic rings. The van der Waals surface area contributed by atoms with Gasteiger partial charge in [-0.2, -0.15) is 0 Å². The van der Waals surface area contributed by atoms with Gasteiger partial charge in [-0.15, -0.1) is 5.10 Å². The fourth-order valence-corrected chi connectivity index (χ4v) is 3.53. The van der Waals surface area contributed by atoms with Crippen LogP contribution in [-0.4, -0.2) is 51.6 Å². The third-order valence-electron chi connectivity index (χ3n) is 5.07. The molecule has 4 rings (SSSR count). The van der Waals surface area contributed by atoms with Crippen molar-refractivity contribution < 1.29 is 14.3 Å². The summed E-state index contributed by atoms with van der Waals surface area (Å²) in [5.74, 6) is -0.700. The summed E-state index contributed by atoms with van der Waals surface area (Å²) in [5, 5.41) is 15.2. The summed E-state index contributed by atoms with van der Waals surface area (Å²) in [5.41, 5.74) is 2.00. The number of carbonyl (C=O) groups excluding carboxylic acids is 2. The number of hydrogen-bond acceptors (Lipinski definition) is 6. The maximum atomic E-state index is 13.2. The van der Waals surface area contributed by atoms with E-state index in [4.69, 9.17) is 4.74 Å². The normalized spacial score (nSPS) is 10.8. The molecule has 9 nitrogen and oxygen atoms in total. The number of pyridine rings is 1. The lowest BCUT2D eigenvalue weighted by molar-refractivity contribution is 0.0918. The molecule has 0 aliphatic heterocycles. The number of hydrogen-bond donors (Lipinski definition) is 2. The average molecular weight is 444 g/mol. The molecule has 0 unspecified atom stereocenters. The van der Waals surface area contributed by atoms with E-state index < -0.39 is 0 Å². The van der Waals surface area contributed by atoms with Gasteiger partial charge in [-0.25, -0.2) is 9.67 Å². The minimum atomic E-state index is -0.376. The fraction of sp³-hybridized carbons (Fsp3) is 0.208. The number of nitrogens with one attached hydrogen (secondary N) is 2. The quantitative estimate of drug-likeness (QED) is 0.384. The third kappa shape index (κ3) is 5.21. The molecule has 168 valence electrons. The van der Waals surface area contributed by atoms with E-state index in [1.807, 2.05) is 37.3 Å². The van der Waals surface area contributed by atoms with Crippen LogP contribution in [0.25, 0.3) is 10.8 Å². The first kappa shape index (κ1) is 22.1. The Labute approximate surface area is 190 Å². The van der Waals surface area contributed by atoms with Crippen LogP contribution in [0.2, 0.25) is 0 Å². The molecule has 9 heteroatoms. The van der Waals surface area contributed by atoms with Crippen LogP contribution >= 0.6 is 0 Å². The lowest BCUT2D eigenvalue weighted by Crippen LogP contribution is -2.29. The summed E-state index contributed by atoms with van der Waals surface area (Å²) in [6.07, 6.45) is 4.93. The summed E-state index contributed by atoms with van der Waals surface area (Å²) < 4.78 is 6.97. The van der Waals surface area contributed by atoms with E-state index >= 15 is 0 Å². The summed E-state index contributed by atoms with van der Waals surface area (Å²) in [6.45, 7) is 3.76. The van der Waals surface area contributed by atoms with Gasteiger partial charge in [-0.1, -0.05) is 35.5 Å². The van der Waals surface area contributed by atoms with Crippen LogP contribution in [0, 0.1) is 0 Å². The minimum Gasteiger partial charge on any atom is -0.380 e. The second-order valence-corrected chi connectivity index (χ2v) is 7.22. The monoisotopic (exact) mass is 444 g/mol. The first-order chi connectivity index (χ1) is 16.2. The molecule has 2 N–H and O–H groups in total. The van der Waals surface area contributed by atoms with E-state index in [9.17, 15) is 9.59 Å². The predicted molar refractivity (Wildman–Crippen MR) is 124 cm³/mol. The third-order valence-corrected chi connectivity index (χ3v) is 5.07. The van der Waals surface area contributed by atoms with Crippen LogP contribution in [0.1, 0.15) is 33.3 Å². The van der Waals surface area contributed by atoms with E-state index in [-0.39, 0.29) is 17.5 Å². The predicted octanol–water partition coefficient (Wildman–Crippen LogP) is 2.89. The highest BCUT2D eigenvalue weighted by Crippen LogP contribution is 2.25. The van der Waals surface area contributed by atoms with Crippen molar-refractivity contribution in [2.24, 2.45) is 0 Å². The van der Waals surface area contributed by atoms with Crippen LogP contribution in [0.15, 0.2) is 67.1 Å². The molecule has 0 fully saturated rings. The molecule has 2 amide bonds. The lowest BCUT2D eigenvalue weighted by Gasteiger charge is -2.13. The maximum absolute atomic E-state index is 13.2. The molecular weight excluding hydrogens is 420 g/mol. The van der Waals surface area contributed by atoms with Gasteiger partial charge in [0.25, 0.3) is 11.8 Å². The number of benzene rings is 2. The second kappa shape index (κ2) is 10.5. The molecule has 0 spiro atoms. The van der Waals surface area contributed by atoms with Gasteiger partial charge in [-0.3, -0.25) is 9.59 Å². The van der Waals surface area contributed by atoms with Crippen molar-refractivity contribution in [3.05, 3.63) is 83.9 Å². The first-order valence-electron chi connectivity index (χ1n) is 10.6. The highest BCUT2D eigenvalue weighted by molar-refractivity contribution is 6.15. The summed E-state index contributed by atoms with van der Waals surface area (Å²) >= 11 is 0. The molecule has 4 aromatic rings. The Morgan fingerprint density at radius 2 is 1.85 bits per heavy atom. The van der Waals surface area contributed by atoms with Crippen molar-refractivity contribution in [3.63, 3.8) is 0 Å². The standard InChI is InChI=1S/C24H24N6O3/c1-2-33-15-13-26-24(32)22-21(8-5-11-25-22)28-23(31)20-10-9-17(16-30-14-12-27-29-30)18-6-3-4-7-19(18)20/h3-12,14H,2,13,15-16H2,1H3,(H,26,32)(H,28,31). The molecule has 0 radical (unpaired) electrons. The molecule has 2 aromatic carbocycles. The topological polar surface area (TPSA) is 111 Å². The van der Waals surface area contributed by atoms with E-state index in [1.165, 1.54) is 6.20 Å². The average Bonchev–Trinajstić information content (AvgIpc) is 3.35. The van der Waals surface area contributed by atoms with Crippen molar-refractivity contribution in [1.29, 1.82) is 0 Å². The van der Waals surface area contributed by atoms with Crippen LogP contribution in [0.3, 0.4) is 0 Å². The smallest absolute Gasteiger partial charge is 0.272 e. The summed E-state index contributed by atoms with van der Waals surface area (Å²) in [4.78, 5) is 29.9. The number of fused-ring (bicyclic) bond motifs is 1. The molecule has 0 saturated carbocycles. The number of carbonyl (C=O) groups is 2. The fourth-order valence-electron chi connectivity index (χ4n) is 3.53. The van der Waals surface area contributed by atoms with E-state index in [1.54, 1.807) is 35.3 Å².